The lowest BCUT2D eigenvalue weighted by Gasteiger charge is -2.30. The van der Waals surface area contributed by atoms with Gasteiger partial charge in [0.25, 0.3) is 0 Å². The van der Waals surface area contributed by atoms with Crippen molar-refractivity contribution in [2.45, 2.75) is 122 Å². The van der Waals surface area contributed by atoms with Gasteiger partial charge in [0.1, 0.15) is 0 Å². The van der Waals surface area contributed by atoms with E-state index in [9.17, 15) is 0 Å². The fourth-order valence-corrected chi connectivity index (χ4v) is 4.92. The topological polar surface area (TPSA) is 26.0 Å². The van der Waals surface area contributed by atoms with Crippen molar-refractivity contribution in [3.05, 3.63) is 71.8 Å². The Morgan fingerprint density at radius 1 is 0.500 bits per heavy atom. The molecule has 0 aromatic heterocycles. The van der Waals surface area contributed by atoms with Crippen molar-refractivity contribution in [2.75, 3.05) is 0 Å². The molecule has 1 nitrogen and oxygen atoms in total. The average Bonchev–Trinajstić information content (AvgIpc) is 2.80. The Bertz CT molecular complexity index is 622. The third-order valence-corrected chi connectivity index (χ3v) is 6.83. The van der Waals surface area contributed by atoms with Crippen LogP contribution in [0.25, 0.3) is 0 Å². The van der Waals surface area contributed by atoms with E-state index in [1.807, 2.05) is 0 Å². The summed E-state index contributed by atoms with van der Waals surface area (Å²) < 4.78 is 0. The van der Waals surface area contributed by atoms with E-state index in [-0.39, 0.29) is 5.54 Å². The number of hydrogen-bond acceptors (Lipinski definition) is 1. The van der Waals surface area contributed by atoms with E-state index in [1.54, 1.807) is 0 Å². The Morgan fingerprint density at radius 2 is 0.844 bits per heavy atom. The smallest absolute Gasteiger partial charge is 0.0235 e. The molecule has 0 saturated carbocycles. The zero-order valence-corrected chi connectivity index (χ0v) is 20.9. The molecule has 2 aromatic rings. The quantitative estimate of drug-likeness (QED) is 0.219. The third-order valence-electron chi connectivity index (χ3n) is 6.83. The summed E-state index contributed by atoms with van der Waals surface area (Å²) in [5.41, 5.74) is 9.57. The molecule has 0 heterocycles. The summed E-state index contributed by atoms with van der Waals surface area (Å²) in [5.74, 6) is 0. The Morgan fingerprint density at radius 3 is 1.22 bits per heavy atom. The van der Waals surface area contributed by atoms with Crippen LogP contribution in [0.1, 0.15) is 114 Å². The minimum absolute atomic E-state index is 0.153. The summed E-state index contributed by atoms with van der Waals surface area (Å²) in [7, 11) is 0. The van der Waals surface area contributed by atoms with Gasteiger partial charge in [-0.3, -0.25) is 0 Å². The average molecular weight is 436 g/mol. The van der Waals surface area contributed by atoms with Crippen LogP contribution in [-0.2, 0) is 12.8 Å². The number of hydrogen-bond donors (Lipinski definition) is 1. The molecule has 0 bridgehead atoms. The van der Waals surface area contributed by atoms with Crippen LogP contribution in [0, 0.1) is 0 Å². The SMILES string of the molecule is CCCCCCCCCCCCCCCCC(N)(Cc1ccccc1)Cc1ccccc1. The zero-order valence-electron chi connectivity index (χ0n) is 20.9. The maximum absolute atomic E-state index is 7.01. The van der Waals surface area contributed by atoms with E-state index in [0.717, 1.165) is 19.3 Å². The van der Waals surface area contributed by atoms with Gasteiger partial charge in [0.05, 0.1) is 0 Å². The van der Waals surface area contributed by atoms with Crippen LogP contribution in [0.4, 0.5) is 0 Å². The summed E-state index contributed by atoms with van der Waals surface area (Å²) in [6.07, 6.45) is 22.6. The lowest BCUT2D eigenvalue weighted by molar-refractivity contribution is 0.367. The molecule has 0 atom stereocenters. The van der Waals surface area contributed by atoms with Crippen LogP contribution < -0.4 is 5.73 Å². The zero-order chi connectivity index (χ0) is 22.7. The highest BCUT2D eigenvalue weighted by molar-refractivity contribution is 5.22. The maximum Gasteiger partial charge on any atom is 0.0235 e. The first kappa shape index (κ1) is 26.7. The second kappa shape index (κ2) is 17.0. The molecule has 2 rings (SSSR count). The predicted molar refractivity (Wildman–Crippen MR) is 142 cm³/mol. The number of rotatable bonds is 19. The van der Waals surface area contributed by atoms with Crippen molar-refractivity contribution in [3.8, 4) is 0 Å². The Kier molecular flexibility index (Phi) is 14.1. The molecule has 0 radical (unpaired) electrons. The molecule has 0 fully saturated rings. The minimum atomic E-state index is -0.153. The second-order valence-corrected chi connectivity index (χ2v) is 10.0. The molecule has 1 heteroatoms. The van der Waals surface area contributed by atoms with Gasteiger partial charge in [0.2, 0.25) is 0 Å². The number of nitrogens with two attached hydrogens (primary N) is 1. The standard InChI is InChI=1S/C31H49N/c1-2-3-4-5-6-7-8-9-10-11-12-13-14-21-26-31(32,27-29-22-17-15-18-23-29)28-30-24-19-16-20-25-30/h15-20,22-25H,2-14,21,26-28,32H2,1H3. The fraction of sp³-hybridized carbons (Fsp3) is 0.613. The highest BCUT2D eigenvalue weighted by Crippen LogP contribution is 2.24. The fourth-order valence-electron chi connectivity index (χ4n) is 4.92. The van der Waals surface area contributed by atoms with Gasteiger partial charge in [-0.15, -0.1) is 0 Å². The van der Waals surface area contributed by atoms with Crippen LogP contribution in [0.3, 0.4) is 0 Å². The summed E-state index contributed by atoms with van der Waals surface area (Å²) in [6, 6.07) is 21.6. The molecule has 32 heavy (non-hydrogen) atoms. The molecule has 0 saturated heterocycles. The van der Waals surface area contributed by atoms with Gasteiger partial charge >= 0.3 is 0 Å². The van der Waals surface area contributed by atoms with Crippen molar-refractivity contribution in [1.82, 2.24) is 0 Å². The summed E-state index contributed by atoms with van der Waals surface area (Å²) in [6.45, 7) is 2.29. The van der Waals surface area contributed by atoms with E-state index >= 15 is 0 Å². The van der Waals surface area contributed by atoms with Crippen LogP contribution in [0.5, 0.6) is 0 Å². The van der Waals surface area contributed by atoms with Gasteiger partial charge < -0.3 is 5.73 Å². The van der Waals surface area contributed by atoms with Crippen molar-refractivity contribution in [2.24, 2.45) is 5.73 Å². The summed E-state index contributed by atoms with van der Waals surface area (Å²) in [5, 5.41) is 0. The van der Waals surface area contributed by atoms with E-state index in [4.69, 9.17) is 5.73 Å². The first-order valence-corrected chi connectivity index (χ1v) is 13.6. The molecular weight excluding hydrogens is 386 g/mol. The van der Waals surface area contributed by atoms with Gasteiger partial charge in [0, 0.05) is 5.54 Å². The molecule has 0 amide bonds. The van der Waals surface area contributed by atoms with Crippen LogP contribution in [-0.4, -0.2) is 5.54 Å². The van der Waals surface area contributed by atoms with Gasteiger partial charge in [-0.2, -0.15) is 0 Å². The van der Waals surface area contributed by atoms with Crippen molar-refractivity contribution in [1.29, 1.82) is 0 Å². The third kappa shape index (κ3) is 12.4. The van der Waals surface area contributed by atoms with Gasteiger partial charge in [-0.25, -0.2) is 0 Å². The second-order valence-electron chi connectivity index (χ2n) is 10.0. The molecule has 0 unspecified atom stereocenters. The van der Waals surface area contributed by atoms with Gasteiger partial charge in [-0.05, 0) is 30.4 Å². The highest BCUT2D eigenvalue weighted by Gasteiger charge is 2.25. The normalized spacial score (nSPS) is 11.7. The molecule has 0 aliphatic carbocycles. The largest absolute Gasteiger partial charge is 0.324 e. The van der Waals surface area contributed by atoms with E-state index in [1.165, 1.54) is 101 Å². The molecule has 0 aliphatic rings. The molecule has 2 aromatic carbocycles. The molecule has 0 spiro atoms. The van der Waals surface area contributed by atoms with E-state index in [2.05, 4.69) is 67.6 Å². The number of benzene rings is 2. The lowest BCUT2D eigenvalue weighted by Crippen LogP contribution is -2.44. The van der Waals surface area contributed by atoms with E-state index in [0.29, 0.717) is 0 Å². The Balaban J connectivity index is 1.59. The van der Waals surface area contributed by atoms with Crippen molar-refractivity contribution in [3.63, 3.8) is 0 Å². The first-order chi connectivity index (χ1) is 15.7. The number of unbranched alkanes of at least 4 members (excludes halogenated alkanes) is 13. The maximum atomic E-state index is 7.01. The Labute approximate surface area is 199 Å². The molecule has 0 aliphatic heterocycles. The van der Waals surface area contributed by atoms with Crippen LogP contribution in [0.2, 0.25) is 0 Å². The van der Waals surface area contributed by atoms with Crippen molar-refractivity contribution < 1.29 is 0 Å². The van der Waals surface area contributed by atoms with Gasteiger partial charge in [0.15, 0.2) is 0 Å². The predicted octanol–water partition coefficient (Wildman–Crippen LogP) is 9.04. The lowest BCUT2D eigenvalue weighted by atomic mass is 9.81. The van der Waals surface area contributed by atoms with Crippen LogP contribution >= 0.6 is 0 Å². The highest BCUT2D eigenvalue weighted by atomic mass is 14.7. The minimum Gasteiger partial charge on any atom is -0.324 e. The van der Waals surface area contributed by atoms with Gasteiger partial charge in [-0.1, -0.05) is 157 Å². The van der Waals surface area contributed by atoms with Crippen molar-refractivity contribution >= 4 is 0 Å². The molecule has 178 valence electrons. The summed E-state index contributed by atoms with van der Waals surface area (Å²) >= 11 is 0. The monoisotopic (exact) mass is 435 g/mol. The molecular formula is C31H49N. The van der Waals surface area contributed by atoms with Crippen LogP contribution in [0.15, 0.2) is 60.7 Å². The Hall–Kier alpha value is -1.60. The van der Waals surface area contributed by atoms with E-state index < -0.39 is 0 Å². The molecule has 2 N–H and O–H groups in total. The summed E-state index contributed by atoms with van der Waals surface area (Å²) in [4.78, 5) is 0. The first-order valence-electron chi connectivity index (χ1n) is 13.6.